The third-order valence-electron chi connectivity index (χ3n) is 1.98. The van der Waals surface area contributed by atoms with Gasteiger partial charge in [0.1, 0.15) is 0 Å². The molecule has 0 aliphatic heterocycles. The molecule has 0 radical (unpaired) electrons. The zero-order valence-corrected chi connectivity index (χ0v) is 9.75. The number of amides is 2. The van der Waals surface area contributed by atoms with Crippen molar-refractivity contribution in [3.63, 3.8) is 0 Å². The molecule has 0 saturated carbocycles. The molecule has 0 bridgehead atoms. The summed E-state index contributed by atoms with van der Waals surface area (Å²) in [5.41, 5.74) is 12.3. The van der Waals surface area contributed by atoms with E-state index in [1.165, 1.54) is 0 Å². The Labute approximate surface area is 100 Å². The Morgan fingerprint density at radius 1 is 1.44 bits per heavy atom. The maximum absolute atomic E-state index is 11.0. The Kier molecular flexibility index (Phi) is 5.32. The molecule has 0 spiro atoms. The second-order valence-corrected chi connectivity index (χ2v) is 3.30. The molecule has 0 heterocycles. The van der Waals surface area contributed by atoms with Gasteiger partial charge in [-0.05, 0) is 12.5 Å². The van der Waals surface area contributed by atoms with Gasteiger partial charge in [0.25, 0.3) is 0 Å². The van der Waals surface area contributed by atoms with Crippen molar-refractivity contribution < 1.29 is 4.79 Å². The summed E-state index contributed by atoms with van der Waals surface area (Å²) in [7, 11) is 0. The third-order valence-corrected chi connectivity index (χ3v) is 1.98. The molecule has 1 rings (SSSR count). The van der Waals surface area contributed by atoms with Crippen molar-refractivity contribution in [2.24, 2.45) is 11.5 Å². The van der Waals surface area contributed by atoms with Gasteiger partial charge in [-0.3, -0.25) is 10.3 Å². The number of aryl methyl sites for hydroxylation is 1. The largest absolute Gasteiger partial charge is 0.370 e. The van der Waals surface area contributed by atoms with E-state index >= 15 is 0 Å². The van der Waals surface area contributed by atoms with Gasteiger partial charge in [0, 0.05) is 0 Å². The third kappa shape index (κ3) is 3.78. The molecule has 0 unspecified atom stereocenters. The molecule has 5 N–H and O–H groups in total. The van der Waals surface area contributed by atoms with Gasteiger partial charge >= 0.3 is 6.03 Å². The van der Waals surface area contributed by atoms with Crippen LogP contribution in [0.4, 0.5) is 4.79 Å². The molecule has 1 aromatic carbocycles. The van der Waals surface area contributed by atoms with Crippen molar-refractivity contribution >= 4 is 24.4 Å². The molecule has 16 heavy (non-hydrogen) atoms. The molecule has 0 aliphatic carbocycles. The Balaban J connectivity index is 0.00000225. The minimum atomic E-state index is -0.719. The van der Waals surface area contributed by atoms with Crippen LogP contribution in [0.2, 0.25) is 0 Å². The Morgan fingerprint density at radius 3 is 2.50 bits per heavy atom. The van der Waals surface area contributed by atoms with Gasteiger partial charge in [0.15, 0.2) is 5.96 Å². The summed E-state index contributed by atoms with van der Waals surface area (Å²) < 4.78 is 0. The quantitative estimate of drug-likeness (QED) is 0.537. The summed E-state index contributed by atoms with van der Waals surface area (Å²) in [6, 6.07) is 6.88. The van der Waals surface area contributed by atoms with Crippen LogP contribution in [-0.2, 0) is 6.54 Å². The van der Waals surface area contributed by atoms with E-state index in [2.05, 4.69) is 0 Å². The second-order valence-electron chi connectivity index (χ2n) is 3.30. The van der Waals surface area contributed by atoms with Crippen LogP contribution in [0.15, 0.2) is 24.3 Å². The van der Waals surface area contributed by atoms with Crippen molar-refractivity contribution in [1.82, 2.24) is 4.90 Å². The molecule has 0 aliphatic rings. The topological polar surface area (TPSA) is 96.2 Å². The number of guanidine groups is 1. The lowest BCUT2D eigenvalue weighted by Crippen LogP contribution is -2.43. The van der Waals surface area contributed by atoms with Gasteiger partial charge < -0.3 is 11.5 Å². The van der Waals surface area contributed by atoms with Gasteiger partial charge in [-0.25, -0.2) is 4.79 Å². The predicted octanol–water partition coefficient (Wildman–Crippen LogP) is 1.19. The number of benzene rings is 1. The van der Waals surface area contributed by atoms with Gasteiger partial charge in [0.2, 0.25) is 0 Å². The SMILES string of the molecule is Cc1cccc(CN(C(=N)N)C(N)=O)c1.Cl. The fourth-order valence-electron chi connectivity index (χ4n) is 1.27. The van der Waals surface area contributed by atoms with Crippen LogP contribution < -0.4 is 11.5 Å². The van der Waals surface area contributed by atoms with Gasteiger partial charge in [-0.1, -0.05) is 29.8 Å². The zero-order valence-electron chi connectivity index (χ0n) is 8.93. The molecular weight excluding hydrogens is 228 g/mol. The molecule has 0 aromatic heterocycles. The van der Waals surface area contributed by atoms with Crippen LogP contribution in [0.3, 0.4) is 0 Å². The van der Waals surface area contributed by atoms with Gasteiger partial charge in [-0.15, -0.1) is 12.4 Å². The van der Waals surface area contributed by atoms with E-state index in [-0.39, 0.29) is 24.9 Å². The number of halogens is 1. The van der Waals surface area contributed by atoms with Crippen molar-refractivity contribution in [1.29, 1.82) is 5.41 Å². The van der Waals surface area contributed by atoms with Gasteiger partial charge in [0.05, 0.1) is 6.54 Å². The number of hydrogen-bond donors (Lipinski definition) is 3. The minimum Gasteiger partial charge on any atom is -0.370 e. The Morgan fingerprint density at radius 2 is 2.06 bits per heavy atom. The molecule has 0 fully saturated rings. The fraction of sp³-hybridized carbons (Fsp3) is 0.200. The average Bonchev–Trinajstić information content (AvgIpc) is 2.13. The van der Waals surface area contributed by atoms with Gasteiger partial charge in [-0.2, -0.15) is 0 Å². The van der Waals surface area contributed by atoms with E-state index in [1.807, 2.05) is 31.2 Å². The highest BCUT2D eigenvalue weighted by Crippen LogP contribution is 2.07. The van der Waals surface area contributed by atoms with Crippen LogP contribution in [0.1, 0.15) is 11.1 Å². The Bertz CT molecular complexity index is 380. The lowest BCUT2D eigenvalue weighted by Gasteiger charge is -2.18. The highest BCUT2D eigenvalue weighted by Gasteiger charge is 2.12. The highest BCUT2D eigenvalue weighted by molar-refractivity contribution is 5.92. The number of nitrogens with two attached hydrogens (primary N) is 2. The molecule has 1 aromatic rings. The second kappa shape index (κ2) is 5.97. The first-order chi connectivity index (χ1) is 7.00. The molecule has 0 atom stereocenters. The smallest absolute Gasteiger partial charge is 0.321 e. The van der Waals surface area contributed by atoms with Crippen LogP contribution in [0, 0.1) is 12.3 Å². The lowest BCUT2D eigenvalue weighted by molar-refractivity contribution is 0.228. The van der Waals surface area contributed by atoms with E-state index < -0.39 is 6.03 Å². The summed E-state index contributed by atoms with van der Waals surface area (Å²) >= 11 is 0. The first-order valence-corrected chi connectivity index (χ1v) is 4.47. The molecule has 88 valence electrons. The first kappa shape index (κ1) is 14.2. The number of rotatable bonds is 2. The van der Waals surface area contributed by atoms with Crippen LogP contribution >= 0.6 is 12.4 Å². The summed E-state index contributed by atoms with van der Waals surface area (Å²) in [6.07, 6.45) is 0. The summed E-state index contributed by atoms with van der Waals surface area (Å²) in [4.78, 5) is 12.0. The normalized spacial score (nSPS) is 9.06. The fourth-order valence-corrected chi connectivity index (χ4v) is 1.27. The predicted molar refractivity (Wildman–Crippen MR) is 65.5 cm³/mol. The van der Waals surface area contributed by atoms with Crippen LogP contribution in [0.5, 0.6) is 0 Å². The number of nitrogens with zero attached hydrogens (tertiary/aromatic N) is 1. The van der Waals surface area contributed by atoms with E-state index in [4.69, 9.17) is 16.9 Å². The summed E-state index contributed by atoms with van der Waals surface area (Å²) in [5.74, 6) is -0.344. The maximum Gasteiger partial charge on any atom is 0.321 e. The Hall–Kier alpha value is -1.75. The standard InChI is InChI=1S/C10H14N4O.ClH/c1-7-3-2-4-8(5-7)6-14(9(11)12)10(13)15;/h2-5H,6H2,1H3,(H3,11,12)(H2,13,15);1H. The number of hydrogen-bond acceptors (Lipinski definition) is 2. The number of primary amides is 1. The molecule has 0 saturated heterocycles. The highest BCUT2D eigenvalue weighted by atomic mass is 35.5. The lowest BCUT2D eigenvalue weighted by atomic mass is 10.1. The molecule has 2 amide bonds. The maximum atomic E-state index is 11.0. The van der Waals surface area contributed by atoms with Crippen molar-refractivity contribution in [2.75, 3.05) is 0 Å². The zero-order chi connectivity index (χ0) is 11.4. The summed E-state index contributed by atoms with van der Waals surface area (Å²) in [5, 5.41) is 7.19. The van der Waals surface area contributed by atoms with Crippen LogP contribution in [0.25, 0.3) is 0 Å². The first-order valence-electron chi connectivity index (χ1n) is 4.47. The monoisotopic (exact) mass is 242 g/mol. The van der Waals surface area contributed by atoms with Crippen molar-refractivity contribution in [2.45, 2.75) is 13.5 Å². The molecular formula is C10H15ClN4O. The number of carbonyl (C=O) groups is 1. The average molecular weight is 243 g/mol. The molecule has 5 nitrogen and oxygen atoms in total. The number of carbonyl (C=O) groups excluding carboxylic acids is 1. The van der Waals surface area contributed by atoms with E-state index in [9.17, 15) is 4.79 Å². The van der Waals surface area contributed by atoms with Crippen molar-refractivity contribution in [3.8, 4) is 0 Å². The molecule has 6 heteroatoms. The van der Waals surface area contributed by atoms with E-state index in [0.717, 1.165) is 16.0 Å². The number of nitrogens with one attached hydrogen (secondary N) is 1. The number of urea groups is 1. The van der Waals surface area contributed by atoms with Crippen molar-refractivity contribution in [3.05, 3.63) is 35.4 Å². The van der Waals surface area contributed by atoms with Crippen LogP contribution in [-0.4, -0.2) is 16.9 Å². The summed E-state index contributed by atoms with van der Waals surface area (Å²) in [6.45, 7) is 2.18. The van der Waals surface area contributed by atoms with E-state index in [0.29, 0.717) is 0 Å². The van der Waals surface area contributed by atoms with E-state index in [1.54, 1.807) is 0 Å². The minimum absolute atomic E-state index is 0.